The van der Waals surface area contributed by atoms with Gasteiger partial charge >= 0.3 is 0 Å². The molecule has 0 saturated carbocycles. The number of rotatable bonds is 7. The number of anilines is 1. The highest BCUT2D eigenvalue weighted by Gasteiger charge is 2.21. The molecule has 3 nitrogen and oxygen atoms in total. The van der Waals surface area contributed by atoms with Crippen LogP contribution in [0.25, 0.3) is 0 Å². The Labute approximate surface area is 168 Å². The van der Waals surface area contributed by atoms with E-state index in [1.165, 1.54) is 5.56 Å². The van der Waals surface area contributed by atoms with Gasteiger partial charge in [0.1, 0.15) is 0 Å². The molecule has 0 radical (unpaired) electrons. The fraction of sp³-hybridized carbons (Fsp3) is 0.250. The van der Waals surface area contributed by atoms with E-state index >= 15 is 0 Å². The zero-order chi connectivity index (χ0) is 20.1. The lowest BCUT2D eigenvalue weighted by atomic mass is 10.1. The Bertz CT molecular complexity index is 1030. The number of aryl methyl sites for hydroxylation is 1. The second-order valence-electron chi connectivity index (χ2n) is 7.11. The van der Waals surface area contributed by atoms with Crippen molar-refractivity contribution in [1.82, 2.24) is 0 Å². The molecule has 0 aromatic heterocycles. The summed E-state index contributed by atoms with van der Waals surface area (Å²) in [7, 11) is -3.55. The van der Waals surface area contributed by atoms with Gasteiger partial charge in [0.15, 0.2) is 0 Å². The van der Waals surface area contributed by atoms with Gasteiger partial charge in [0.05, 0.1) is 9.79 Å². The number of nitrogens with zero attached hydrogens (tertiary/aromatic N) is 1. The van der Waals surface area contributed by atoms with E-state index < -0.39 is 9.84 Å². The standard InChI is InChI=1S/C24H27NO2S/c1-4-15-25(18-21-11-7-5-8-12-21)24-17-23(16-19(2)20(24)3)28(26,27)22-13-9-6-10-14-22/h5-14,16-17H,4,15,18H2,1-3H3. The topological polar surface area (TPSA) is 37.4 Å². The molecule has 0 aliphatic heterocycles. The summed E-state index contributed by atoms with van der Waals surface area (Å²) in [6.07, 6.45) is 0.987. The van der Waals surface area contributed by atoms with Gasteiger partial charge < -0.3 is 4.90 Å². The lowest BCUT2D eigenvalue weighted by molar-refractivity contribution is 0.596. The fourth-order valence-corrected chi connectivity index (χ4v) is 4.77. The third-order valence-corrected chi connectivity index (χ3v) is 6.78. The summed E-state index contributed by atoms with van der Waals surface area (Å²) in [6.45, 7) is 7.81. The predicted octanol–water partition coefficient (Wildman–Crippen LogP) is 5.55. The van der Waals surface area contributed by atoms with E-state index in [1.807, 2.05) is 37.3 Å². The van der Waals surface area contributed by atoms with Crippen molar-refractivity contribution in [3.05, 3.63) is 89.5 Å². The molecular formula is C24H27NO2S. The van der Waals surface area contributed by atoms with Crippen LogP contribution < -0.4 is 4.90 Å². The highest BCUT2D eigenvalue weighted by molar-refractivity contribution is 7.91. The van der Waals surface area contributed by atoms with Crippen molar-refractivity contribution in [2.75, 3.05) is 11.4 Å². The van der Waals surface area contributed by atoms with E-state index in [0.29, 0.717) is 9.79 Å². The summed E-state index contributed by atoms with van der Waals surface area (Å²) in [5.74, 6) is 0. The van der Waals surface area contributed by atoms with Crippen molar-refractivity contribution in [2.45, 2.75) is 43.5 Å². The minimum atomic E-state index is -3.55. The minimum absolute atomic E-state index is 0.328. The van der Waals surface area contributed by atoms with Gasteiger partial charge in [-0.2, -0.15) is 0 Å². The summed E-state index contributed by atoms with van der Waals surface area (Å²) in [5, 5.41) is 0. The van der Waals surface area contributed by atoms with E-state index in [1.54, 1.807) is 30.3 Å². The maximum absolute atomic E-state index is 13.2. The van der Waals surface area contributed by atoms with Gasteiger partial charge in [0.25, 0.3) is 0 Å². The maximum atomic E-state index is 13.2. The van der Waals surface area contributed by atoms with Gasteiger partial charge in [0, 0.05) is 18.8 Å². The first-order valence-corrected chi connectivity index (χ1v) is 11.1. The van der Waals surface area contributed by atoms with Gasteiger partial charge in [0.2, 0.25) is 9.84 Å². The molecule has 146 valence electrons. The summed E-state index contributed by atoms with van der Waals surface area (Å²) in [4.78, 5) is 2.96. The Kier molecular flexibility index (Phi) is 6.20. The average Bonchev–Trinajstić information content (AvgIpc) is 2.71. The van der Waals surface area contributed by atoms with Gasteiger partial charge in [-0.3, -0.25) is 0 Å². The van der Waals surface area contributed by atoms with Crippen LogP contribution in [0, 0.1) is 13.8 Å². The molecule has 0 fully saturated rings. The number of benzene rings is 3. The zero-order valence-electron chi connectivity index (χ0n) is 16.7. The van der Waals surface area contributed by atoms with Crippen molar-refractivity contribution < 1.29 is 8.42 Å². The maximum Gasteiger partial charge on any atom is 0.206 e. The van der Waals surface area contributed by atoms with Crippen LogP contribution in [0.4, 0.5) is 5.69 Å². The van der Waals surface area contributed by atoms with Crippen LogP contribution >= 0.6 is 0 Å². The Morgan fingerprint density at radius 3 is 2.04 bits per heavy atom. The van der Waals surface area contributed by atoms with Gasteiger partial charge in [-0.05, 0) is 61.2 Å². The van der Waals surface area contributed by atoms with Crippen molar-refractivity contribution in [3.63, 3.8) is 0 Å². The molecule has 3 rings (SSSR count). The molecule has 0 aliphatic carbocycles. The molecule has 0 spiro atoms. The lowest BCUT2D eigenvalue weighted by Crippen LogP contribution is -2.25. The van der Waals surface area contributed by atoms with Crippen LogP contribution in [-0.2, 0) is 16.4 Å². The minimum Gasteiger partial charge on any atom is -0.367 e. The van der Waals surface area contributed by atoms with Crippen molar-refractivity contribution in [1.29, 1.82) is 0 Å². The molecular weight excluding hydrogens is 366 g/mol. The van der Waals surface area contributed by atoms with Crippen LogP contribution in [0.1, 0.15) is 30.0 Å². The number of sulfone groups is 1. The van der Waals surface area contributed by atoms with Crippen molar-refractivity contribution in [3.8, 4) is 0 Å². The molecule has 0 saturated heterocycles. The van der Waals surface area contributed by atoms with Gasteiger partial charge in [-0.1, -0.05) is 55.5 Å². The number of hydrogen-bond donors (Lipinski definition) is 0. The van der Waals surface area contributed by atoms with E-state index in [-0.39, 0.29) is 0 Å². The van der Waals surface area contributed by atoms with Crippen LogP contribution in [0.5, 0.6) is 0 Å². The molecule has 28 heavy (non-hydrogen) atoms. The fourth-order valence-electron chi connectivity index (χ4n) is 3.39. The van der Waals surface area contributed by atoms with Crippen LogP contribution in [-0.4, -0.2) is 15.0 Å². The first-order valence-electron chi connectivity index (χ1n) is 9.63. The quantitative estimate of drug-likeness (QED) is 0.528. The SMILES string of the molecule is CCCN(Cc1ccccc1)c1cc(S(=O)(=O)c2ccccc2)cc(C)c1C. The molecule has 0 N–H and O–H groups in total. The first kappa shape index (κ1) is 20.2. The zero-order valence-corrected chi connectivity index (χ0v) is 17.5. The van der Waals surface area contributed by atoms with Gasteiger partial charge in [-0.25, -0.2) is 8.42 Å². The van der Waals surface area contributed by atoms with Crippen LogP contribution in [0.15, 0.2) is 82.6 Å². The third-order valence-electron chi connectivity index (χ3n) is 5.03. The lowest BCUT2D eigenvalue weighted by Gasteiger charge is -2.28. The highest BCUT2D eigenvalue weighted by Crippen LogP contribution is 2.31. The van der Waals surface area contributed by atoms with Crippen molar-refractivity contribution in [2.24, 2.45) is 0 Å². The molecule has 0 unspecified atom stereocenters. The monoisotopic (exact) mass is 393 g/mol. The Hall–Kier alpha value is -2.59. The van der Waals surface area contributed by atoms with E-state index in [4.69, 9.17) is 0 Å². The van der Waals surface area contributed by atoms with Crippen LogP contribution in [0.3, 0.4) is 0 Å². The summed E-state index contributed by atoms with van der Waals surface area (Å²) < 4.78 is 26.3. The smallest absolute Gasteiger partial charge is 0.206 e. The van der Waals surface area contributed by atoms with E-state index in [0.717, 1.165) is 36.3 Å². The molecule has 0 amide bonds. The summed E-state index contributed by atoms with van der Waals surface area (Å²) in [6, 6.07) is 22.6. The Balaban J connectivity index is 2.07. The average molecular weight is 394 g/mol. The Morgan fingerprint density at radius 2 is 1.43 bits per heavy atom. The summed E-state index contributed by atoms with van der Waals surface area (Å²) in [5.41, 5.74) is 4.31. The molecule has 0 aliphatic rings. The molecule has 0 atom stereocenters. The Morgan fingerprint density at radius 1 is 0.821 bits per heavy atom. The van der Waals surface area contributed by atoms with E-state index in [2.05, 4.69) is 30.9 Å². The molecule has 4 heteroatoms. The largest absolute Gasteiger partial charge is 0.367 e. The number of hydrogen-bond acceptors (Lipinski definition) is 3. The molecule has 3 aromatic rings. The second kappa shape index (κ2) is 8.61. The molecule has 0 bridgehead atoms. The van der Waals surface area contributed by atoms with Crippen LogP contribution in [0.2, 0.25) is 0 Å². The summed E-state index contributed by atoms with van der Waals surface area (Å²) >= 11 is 0. The second-order valence-corrected chi connectivity index (χ2v) is 9.06. The molecule has 3 aromatic carbocycles. The third kappa shape index (κ3) is 4.28. The van der Waals surface area contributed by atoms with E-state index in [9.17, 15) is 8.42 Å². The first-order chi connectivity index (χ1) is 13.4. The molecule has 0 heterocycles. The highest BCUT2D eigenvalue weighted by atomic mass is 32.2. The van der Waals surface area contributed by atoms with Crippen molar-refractivity contribution >= 4 is 15.5 Å². The normalized spacial score (nSPS) is 11.4. The van der Waals surface area contributed by atoms with Gasteiger partial charge in [-0.15, -0.1) is 0 Å². The predicted molar refractivity (Wildman–Crippen MR) is 116 cm³/mol.